The summed E-state index contributed by atoms with van der Waals surface area (Å²) in [4.78, 5) is 0. The van der Waals surface area contributed by atoms with E-state index in [-0.39, 0.29) is 11.1 Å². The number of aryl methyl sites for hydroxylation is 1. The molecule has 0 aromatic heterocycles. The molecule has 0 nitrogen and oxygen atoms in total. The van der Waals surface area contributed by atoms with E-state index in [0.717, 1.165) is 41.5 Å². The van der Waals surface area contributed by atoms with Gasteiger partial charge in [0.25, 0.3) is 0 Å². The van der Waals surface area contributed by atoms with E-state index >= 15 is 4.39 Å². The molecule has 0 N–H and O–H groups in total. The number of hydrogen-bond acceptors (Lipinski definition) is 0. The number of benzene rings is 4. The summed E-state index contributed by atoms with van der Waals surface area (Å²) < 4.78 is 42.2. The Morgan fingerprint density at radius 1 is 0.781 bits per heavy atom. The first-order valence-electron chi connectivity index (χ1n) is 10.4. The molecule has 0 aliphatic rings. The molecule has 0 saturated carbocycles. The van der Waals surface area contributed by atoms with Crippen molar-refractivity contribution in [2.75, 3.05) is 0 Å². The highest BCUT2D eigenvalue weighted by Gasteiger charge is 2.09. The Morgan fingerprint density at radius 2 is 1.47 bits per heavy atom. The average molecular weight is 449 g/mol. The highest BCUT2D eigenvalue weighted by molar-refractivity contribution is 6.30. The number of unbranched alkanes of at least 4 members (excludes halogenated alkanes) is 1. The van der Waals surface area contributed by atoms with Gasteiger partial charge in [0.15, 0.2) is 0 Å². The van der Waals surface area contributed by atoms with Crippen LogP contribution in [0.1, 0.15) is 36.5 Å². The Morgan fingerprint density at radius 3 is 2.16 bits per heavy atom. The van der Waals surface area contributed by atoms with Crippen LogP contribution in [0.25, 0.3) is 21.9 Å². The third-order valence-corrected chi connectivity index (χ3v) is 5.75. The van der Waals surface area contributed by atoms with Crippen molar-refractivity contribution in [2.45, 2.75) is 26.2 Å². The van der Waals surface area contributed by atoms with Crippen molar-refractivity contribution in [3.63, 3.8) is 0 Å². The van der Waals surface area contributed by atoms with Gasteiger partial charge in [-0.3, -0.25) is 0 Å². The van der Waals surface area contributed by atoms with Crippen LogP contribution in [0.15, 0.2) is 66.7 Å². The fourth-order valence-electron chi connectivity index (χ4n) is 3.58. The Hall–Kier alpha value is -3.22. The lowest BCUT2D eigenvalue weighted by Gasteiger charge is -2.07. The highest BCUT2D eigenvalue weighted by atomic mass is 35.5. The van der Waals surface area contributed by atoms with Crippen molar-refractivity contribution in [1.29, 1.82) is 0 Å². The number of rotatable bonds is 4. The second kappa shape index (κ2) is 9.51. The predicted octanol–water partition coefficient (Wildman–Crippen LogP) is 8.32. The van der Waals surface area contributed by atoms with Crippen molar-refractivity contribution >= 4 is 22.4 Å². The summed E-state index contributed by atoms with van der Waals surface area (Å²) in [5, 5.41) is 0.608. The lowest BCUT2D eigenvalue weighted by Crippen LogP contribution is -1.89. The Labute approximate surface area is 190 Å². The van der Waals surface area contributed by atoms with Crippen LogP contribution in [-0.2, 0) is 6.42 Å². The molecule has 0 bridgehead atoms. The van der Waals surface area contributed by atoms with E-state index in [1.807, 2.05) is 12.1 Å². The van der Waals surface area contributed by atoms with Crippen LogP contribution >= 0.6 is 11.6 Å². The van der Waals surface area contributed by atoms with Gasteiger partial charge in [-0.05, 0) is 59.2 Å². The molecule has 0 radical (unpaired) electrons. The third kappa shape index (κ3) is 4.66. The molecule has 32 heavy (non-hydrogen) atoms. The number of hydrogen-bond donors (Lipinski definition) is 0. The van der Waals surface area contributed by atoms with Gasteiger partial charge in [-0.1, -0.05) is 79.3 Å². The third-order valence-electron chi connectivity index (χ3n) is 5.39. The minimum Gasteiger partial charge on any atom is -0.205 e. The standard InChI is InChI=1S/C28H20ClF3/c1-2-3-4-18-5-8-20(9-6-18)22-13-14-24-23(17-22)12-11-21(28(24)32)10-7-19-15-25(30)27(29)26(31)16-19/h5-6,8-9,11-17H,2-4H2,1H3. The molecular weight excluding hydrogens is 429 g/mol. The van der Waals surface area contributed by atoms with E-state index in [9.17, 15) is 8.78 Å². The largest absolute Gasteiger partial charge is 0.205 e. The van der Waals surface area contributed by atoms with Gasteiger partial charge >= 0.3 is 0 Å². The fourth-order valence-corrected chi connectivity index (χ4v) is 3.69. The maximum Gasteiger partial charge on any atom is 0.146 e. The topological polar surface area (TPSA) is 0 Å². The van der Waals surface area contributed by atoms with Crippen LogP contribution in [-0.4, -0.2) is 0 Å². The zero-order chi connectivity index (χ0) is 22.7. The molecule has 160 valence electrons. The highest BCUT2D eigenvalue weighted by Crippen LogP contribution is 2.28. The molecule has 4 heteroatoms. The molecular formula is C28H20ClF3. The van der Waals surface area contributed by atoms with E-state index in [1.54, 1.807) is 18.2 Å². The zero-order valence-electron chi connectivity index (χ0n) is 17.5. The van der Waals surface area contributed by atoms with Gasteiger partial charge in [0.05, 0.1) is 5.56 Å². The monoisotopic (exact) mass is 448 g/mol. The molecule has 0 spiro atoms. The summed E-state index contributed by atoms with van der Waals surface area (Å²) >= 11 is 5.48. The van der Waals surface area contributed by atoms with E-state index in [2.05, 4.69) is 43.0 Å². The molecule has 0 fully saturated rings. The normalized spacial score (nSPS) is 10.8. The first kappa shape index (κ1) is 22.0. The lowest BCUT2D eigenvalue weighted by atomic mass is 9.98. The van der Waals surface area contributed by atoms with E-state index in [0.29, 0.717) is 5.39 Å². The second-order valence-electron chi connectivity index (χ2n) is 7.67. The summed E-state index contributed by atoms with van der Waals surface area (Å²) in [6, 6.07) is 19.4. The summed E-state index contributed by atoms with van der Waals surface area (Å²) in [6.07, 6.45) is 3.40. The molecule has 0 saturated heterocycles. The number of fused-ring (bicyclic) bond motifs is 1. The Kier molecular flexibility index (Phi) is 6.53. The van der Waals surface area contributed by atoms with Crippen LogP contribution in [0.5, 0.6) is 0 Å². The molecule has 0 amide bonds. The van der Waals surface area contributed by atoms with Crippen LogP contribution in [0, 0.1) is 29.3 Å². The first-order valence-corrected chi connectivity index (χ1v) is 10.8. The van der Waals surface area contributed by atoms with Crippen LogP contribution in [0.3, 0.4) is 0 Å². The molecule has 0 aliphatic carbocycles. The van der Waals surface area contributed by atoms with Gasteiger partial charge in [0.1, 0.15) is 22.5 Å². The maximum absolute atomic E-state index is 15.0. The molecule has 0 heterocycles. The van der Waals surface area contributed by atoms with E-state index in [1.165, 1.54) is 12.0 Å². The smallest absolute Gasteiger partial charge is 0.146 e. The maximum atomic E-state index is 15.0. The Bertz CT molecular complexity index is 1320. The fraction of sp³-hybridized carbons (Fsp3) is 0.143. The van der Waals surface area contributed by atoms with Gasteiger partial charge in [0.2, 0.25) is 0 Å². The Balaban J connectivity index is 1.63. The van der Waals surface area contributed by atoms with Gasteiger partial charge in [0, 0.05) is 10.9 Å². The van der Waals surface area contributed by atoms with Crippen molar-refractivity contribution in [3.05, 3.63) is 106 Å². The number of halogens is 4. The molecule has 0 aliphatic heterocycles. The zero-order valence-corrected chi connectivity index (χ0v) is 18.2. The summed E-state index contributed by atoms with van der Waals surface area (Å²) in [5.74, 6) is 3.00. The van der Waals surface area contributed by atoms with Gasteiger partial charge in [-0.15, -0.1) is 0 Å². The van der Waals surface area contributed by atoms with Crippen LogP contribution < -0.4 is 0 Å². The summed E-state index contributed by atoms with van der Waals surface area (Å²) in [6.45, 7) is 2.18. The molecule has 4 aromatic rings. The van der Waals surface area contributed by atoms with E-state index < -0.39 is 22.5 Å². The quantitative estimate of drug-likeness (QED) is 0.217. The summed E-state index contributed by atoms with van der Waals surface area (Å²) in [7, 11) is 0. The molecule has 0 atom stereocenters. The molecule has 4 rings (SSSR count). The minimum absolute atomic E-state index is 0.0848. The molecule has 4 aromatic carbocycles. The van der Waals surface area contributed by atoms with Crippen molar-refractivity contribution < 1.29 is 13.2 Å². The first-order chi connectivity index (χ1) is 15.5. The van der Waals surface area contributed by atoms with Crippen molar-refractivity contribution in [1.82, 2.24) is 0 Å². The second-order valence-corrected chi connectivity index (χ2v) is 8.05. The van der Waals surface area contributed by atoms with Gasteiger partial charge < -0.3 is 0 Å². The van der Waals surface area contributed by atoms with Crippen molar-refractivity contribution in [3.8, 4) is 23.0 Å². The van der Waals surface area contributed by atoms with Crippen LogP contribution in [0.2, 0.25) is 5.02 Å². The summed E-state index contributed by atoms with van der Waals surface area (Å²) in [5.41, 5.74) is 3.63. The SMILES string of the molecule is CCCCc1ccc(-c2ccc3c(F)c(C#Cc4cc(F)c(Cl)c(F)c4)ccc3c2)cc1. The van der Waals surface area contributed by atoms with Crippen LogP contribution in [0.4, 0.5) is 13.2 Å². The minimum atomic E-state index is -0.902. The predicted molar refractivity (Wildman–Crippen MR) is 125 cm³/mol. The van der Waals surface area contributed by atoms with Crippen molar-refractivity contribution in [2.24, 2.45) is 0 Å². The van der Waals surface area contributed by atoms with Gasteiger partial charge in [-0.25, -0.2) is 13.2 Å². The molecule has 0 unspecified atom stereocenters. The average Bonchev–Trinajstić information content (AvgIpc) is 2.81. The van der Waals surface area contributed by atoms with Gasteiger partial charge in [-0.2, -0.15) is 0 Å². The van der Waals surface area contributed by atoms with E-state index in [4.69, 9.17) is 11.6 Å². The lowest BCUT2D eigenvalue weighted by molar-refractivity contribution is 0.583.